The lowest BCUT2D eigenvalue weighted by Gasteiger charge is -2.00. The van der Waals surface area contributed by atoms with Crippen LogP contribution in [0.5, 0.6) is 0 Å². The second kappa shape index (κ2) is 4.14. The maximum Gasteiger partial charge on any atom is 0.182 e. The molecule has 2 aromatic rings. The molecule has 2 aromatic heterocycles. The average Bonchev–Trinajstić information content (AvgIpc) is 2.67. The first-order valence-electron chi connectivity index (χ1n) is 4.45. The van der Waals surface area contributed by atoms with Gasteiger partial charge in [0.2, 0.25) is 0 Å². The second-order valence-electron chi connectivity index (χ2n) is 3.08. The number of aromatic nitrogens is 4. The summed E-state index contributed by atoms with van der Waals surface area (Å²) < 4.78 is 6.47. The van der Waals surface area contributed by atoms with E-state index in [9.17, 15) is 4.79 Å². The molecule has 0 bridgehead atoms. The van der Waals surface area contributed by atoms with E-state index in [4.69, 9.17) is 4.74 Å². The van der Waals surface area contributed by atoms with Crippen LogP contribution in [0.4, 0.5) is 0 Å². The zero-order valence-corrected chi connectivity index (χ0v) is 8.25. The number of ketones is 1. The van der Waals surface area contributed by atoms with Gasteiger partial charge < -0.3 is 4.74 Å². The predicted octanol–water partition coefficient (Wildman–Crippen LogP) is -0.118. The van der Waals surface area contributed by atoms with Crippen molar-refractivity contribution in [3.05, 3.63) is 24.4 Å². The summed E-state index contributed by atoms with van der Waals surface area (Å²) in [6, 6.07) is 0. The summed E-state index contributed by atoms with van der Waals surface area (Å²) in [4.78, 5) is 15.5. The number of hydrogen-bond donors (Lipinski definition) is 0. The molecule has 0 aliphatic heterocycles. The Kier molecular flexibility index (Phi) is 2.68. The van der Waals surface area contributed by atoms with Crippen molar-refractivity contribution in [3.8, 4) is 0 Å². The fourth-order valence-electron chi connectivity index (χ4n) is 1.33. The molecule has 78 valence electrons. The molecule has 0 unspecified atom stereocenters. The molecule has 0 aromatic carbocycles. The van der Waals surface area contributed by atoms with Crippen LogP contribution in [0, 0.1) is 0 Å². The molecule has 0 aliphatic rings. The first-order chi connectivity index (χ1) is 7.31. The van der Waals surface area contributed by atoms with E-state index in [0.29, 0.717) is 11.3 Å². The Hall–Kier alpha value is -1.82. The van der Waals surface area contributed by atoms with Gasteiger partial charge in [0, 0.05) is 19.5 Å². The lowest BCUT2D eigenvalue weighted by molar-refractivity contribution is -0.122. The summed E-state index contributed by atoms with van der Waals surface area (Å²) in [6.45, 7) is 0.0941. The predicted molar refractivity (Wildman–Crippen MR) is 51.4 cm³/mol. The van der Waals surface area contributed by atoms with Gasteiger partial charge >= 0.3 is 0 Å². The molecular weight excluding hydrogens is 196 g/mol. The topological polar surface area (TPSA) is 69.4 Å². The maximum atomic E-state index is 11.4. The lowest BCUT2D eigenvalue weighted by Crippen LogP contribution is -2.11. The highest BCUT2D eigenvalue weighted by atomic mass is 16.5. The van der Waals surface area contributed by atoms with Gasteiger partial charge in [-0.15, -0.1) is 10.2 Å². The number of methoxy groups -OCH3 is 1. The van der Waals surface area contributed by atoms with Crippen molar-refractivity contribution in [2.24, 2.45) is 0 Å². The molecule has 0 saturated heterocycles. The minimum atomic E-state index is -0.0268. The Labute approximate surface area is 85.9 Å². The highest BCUT2D eigenvalue weighted by Crippen LogP contribution is 2.04. The third kappa shape index (κ3) is 1.99. The van der Waals surface area contributed by atoms with Crippen LogP contribution >= 0.6 is 0 Å². The van der Waals surface area contributed by atoms with E-state index in [1.807, 2.05) is 0 Å². The number of Topliss-reactive ketones (excluding diaryl/α,β-unsaturated/α-hetero) is 1. The molecule has 0 spiro atoms. The average molecular weight is 206 g/mol. The first kappa shape index (κ1) is 9.72. The minimum Gasteiger partial charge on any atom is -0.377 e. The quantitative estimate of drug-likeness (QED) is 0.697. The highest BCUT2D eigenvalue weighted by Gasteiger charge is 2.09. The molecule has 6 heteroatoms. The van der Waals surface area contributed by atoms with Crippen molar-refractivity contribution in [2.45, 2.75) is 6.42 Å². The highest BCUT2D eigenvalue weighted by molar-refractivity contribution is 5.82. The van der Waals surface area contributed by atoms with Crippen LogP contribution in [0.1, 0.15) is 5.69 Å². The molecule has 0 saturated carbocycles. The fraction of sp³-hybridized carbons (Fsp3) is 0.333. The van der Waals surface area contributed by atoms with Crippen LogP contribution in [-0.2, 0) is 16.0 Å². The van der Waals surface area contributed by atoms with Gasteiger partial charge in [-0.1, -0.05) is 0 Å². The Balaban J connectivity index is 2.27. The molecule has 2 heterocycles. The van der Waals surface area contributed by atoms with Crippen LogP contribution in [-0.4, -0.2) is 39.1 Å². The van der Waals surface area contributed by atoms with E-state index in [1.165, 1.54) is 7.11 Å². The van der Waals surface area contributed by atoms with Gasteiger partial charge in [0.15, 0.2) is 11.4 Å². The summed E-state index contributed by atoms with van der Waals surface area (Å²) in [5.41, 5.74) is 1.24. The number of nitrogens with zero attached hydrogens (tertiary/aromatic N) is 4. The van der Waals surface area contributed by atoms with Gasteiger partial charge in [-0.25, -0.2) is 0 Å². The molecule has 0 atom stereocenters. The SMILES string of the molecule is COCC(=O)Cc1nccn2cnnc12. The first-order valence-corrected chi connectivity index (χ1v) is 4.45. The van der Waals surface area contributed by atoms with Gasteiger partial charge in [0.25, 0.3) is 0 Å². The summed E-state index contributed by atoms with van der Waals surface area (Å²) in [7, 11) is 1.49. The molecule has 15 heavy (non-hydrogen) atoms. The Morgan fingerprint density at radius 1 is 1.60 bits per heavy atom. The van der Waals surface area contributed by atoms with Crippen LogP contribution in [0.15, 0.2) is 18.7 Å². The van der Waals surface area contributed by atoms with Gasteiger partial charge in [-0.05, 0) is 0 Å². The zero-order valence-electron chi connectivity index (χ0n) is 8.25. The number of rotatable bonds is 4. The number of carbonyl (C=O) groups excluding carboxylic acids is 1. The van der Waals surface area contributed by atoms with Crippen LogP contribution < -0.4 is 0 Å². The third-order valence-corrected chi connectivity index (χ3v) is 1.96. The fourth-order valence-corrected chi connectivity index (χ4v) is 1.33. The van der Waals surface area contributed by atoms with E-state index in [0.717, 1.165) is 0 Å². The van der Waals surface area contributed by atoms with Gasteiger partial charge in [0.05, 0.1) is 12.1 Å². The molecule has 0 N–H and O–H groups in total. The minimum absolute atomic E-state index is 0.0268. The molecule has 0 radical (unpaired) electrons. The molecule has 0 fully saturated rings. The summed E-state index contributed by atoms with van der Waals surface area (Å²) in [6.07, 6.45) is 5.14. The Bertz CT molecular complexity index is 480. The van der Waals surface area contributed by atoms with Crippen LogP contribution in [0.25, 0.3) is 5.65 Å². The van der Waals surface area contributed by atoms with Crippen molar-refractivity contribution in [1.29, 1.82) is 0 Å². The van der Waals surface area contributed by atoms with Gasteiger partial charge in [-0.3, -0.25) is 14.2 Å². The van der Waals surface area contributed by atoms with E-state index >= 15 is 0 Å². The van der Waals surface area contributed by atoms with E-state index in [1.54, 1.807) is 23.1 Å². The van der Waals surface area contributed by atoms with Crippen molar-refractivity contribution >= 4 is 11.4 Å². The second-order valence-corrected chi connectivity index (χ2v) is 3.08. The molecule has 0 amide bonds. The lowest BCUT2D eigenvalue weighted by atomic mass is 10.2. The Morgan fingerprint density at radius 2 is 2.47 bits per heavy atom. The Morgan fingerprint density at radius 3 is 3.27 bits per heavy atom. The largest absolute Gasteiger partial charge is 0.377 e. The van der Waals surface area contributed by atoms with E-state index in [2.05, 4.69) is 15.2 Å². The van der Waals surface area contributed by atoms with Crippen molar-refractivity contribution in [3.63, 3.8) is 0 Å². The number of ether oxygens (including phenoxy) is 1. The third-order valence-electron chi connectivity index (χ3n) is 1.96. The zero-order chi connectivity index (χ0) is 10.7. The van der Waals surface area contributed by atoms with Crippen LogP contribution in [0.3, 0.4) is 0 Å². The van der Waals surface area contributed by atoms with E-state index in [-0.39, 0.29) is 18.8 Å². The van der Waals surface area contributed by atoms with Gasteiger partial charge in [0.1, 0.15) is 12.9 Å². The standard InChI is InChI=1S/C9H10N4O2/c1-15-5-7(14)4-8-9-12-11-6-13(9)3-2-10-8/h2-3,6H,4-5H2,1H3. The molecule has 6 nitrogen and oxygen atoms in total. The van der Waals surface area contributed by atoms with Gasteiger partial charge in [-0.2, -0.15) is 0 Å². The number of hydrogen-bond acceptors (Lipinski definition) is 5. The van der Waals surface area contributed by atoms with Crippen molar-refractivity contribution in [2.75, 3.05) is 13.7 Å². The molecule has 2 rings (SSSR count). The maximum absolute atomic E-state index is 11.4. The van der Waals surface area contributed by atoms with Crippen LogP contribution in [0.2, 0.25) is 0 Å². The number of carbonyl (C=O) groups is 1. The summed E-state index contributed by atoms with van der Waals surface area (Å²) in [5.74, 6) is -0.0268. The molecular formula is C9H10N4O2. The summed E-state index contributed by atoms with van der Waals surface area (Å²) in [5, 5.41) is 7.63. The van der Waals surface area contributed by atoms with E-state index < -0.39 is 0 Å². The van der Waals surface area contributed by atoms with Crippen molar-refractivity contribution in [1.82, 2.24) is 19.6 Å². The molecule has 0 aliphatic carbocycles. The van der Waals surface area contributed by atoms with Crippen molar-refractivity contribution < 1.29 is 9.53 Å². The number of fused-ring (bicyclic) bond motifs is 1. The normalized spacial score (nSPS) is 10.7. The monoisotopic (exact) mass is 206 g/mol. The smallest absolute Gasteiger partial charge is 0.182 e. The summed E-state index contributed by atoms with van der Waals surface area (Å²) >= 11 is 0.